The summed E-state index contributed by atoms with van der Waals surface area (Å²) < 4.78 is 45.0. The van der Waals surface area contributed by atoms with Crippen molar-refractivity contribution >= 4 is 5.84 Å². The van der Waals surface area contributed by atoms with Gasteiger partial charge in [0.25, 0.3) is 0 Å². The Morgan fingerprint density at radius 3 is 2.14 bits per heavy atom. The predicted octanol–water partition coefficient (Wildman–Crippen LogP) is 3.63. The van der Waals surface area contributed by atoms with Crippen LogP contribution in [0, 0.1) is 32.6 Å². The van der Waals surface area contributed by atoms with Gasteiger partial charge in [0, 0.05) is 13.1 Å². The molecular weight excluding hydrogens is 460 g/mol. The molecule has 0 aromatic heterocycles. The first-order valence-corrected chi connectivity index (χ1v) is 12.4. The number of likely N-dealkylation sites (tertiary alicyclic amines) is 1. The monoisotopic (exact) mass is 500 g/mol. The molecule has 1 atom stereocenters. The molecule has 1 saturated heterocycles. The smallest absolute Gasteiger partial charge is 0.445 e. The third-order valence-electron chi connectivity index (χ3n) is 6.20. The summed E-state index contributed by atoms with van der Waals surface area (Å²) in [6.45, 7) is 18.0. The molecule has 1 aromatic rings. The number of rotatable bonds is 11. The van der Waals surface area contributed by atoms with E-state index in [-0.39, 0.29) is 24.9 Å². The van der Waals surface area contributed by atoms with Crippen LogP contribution in [0.3, 0.4) is 0 Å². The molecule has 0 spiro atoms. The van der Waals surface area contributed by atoms with Crippen LogP contribution < -0.4 is 18.9 Å². The van der Waals surface area contributed by atoms with E-state index in [1.807, 2.05) is 12.1 Å². The zero-order valence-electron chi connectivity index (χ0n) is 22.2. The van der Waals surface area contributed by atoms with E-state index in [4.69, 9.17) is 4.99 Å². The first kappa shape index (κ1) is 32.8. The average Bonchev–Trinajstić information content (AvgIpc) is 3.20. The molecule has 2 heterocycles. The minimum Gasteiger partial charge on any atom is -0.445 e. The summed E-state index contributed by atoms with van der Waals surface area (Å²) in [6.07, 6.45) is 2.88. The summed E-state index contributed by atoms with van der Waals surface area (Å²) in [5.74, 6) is 2.33. The van der Waals surface area contributed by atoms with Gasteiger partial charge in [-0.2, -0.15) is 6.42 Å². The zero-order chi connectivity index (χ0) is 25.8. The van der Waals surface area contributed by atoms with E-state index in [0.29, 0.717) is 24.7 Å². The molecule has 8 heteroatoms. The topological polar surface area (TPSA) is 34.1 Å². The van der Waals surface area contributed by atoms with E-state index < -0.39 is 13.0 Å². The average molecular weight is 501 g/mol. The fourth-order valence-corrected chi connectivity index (χ4v) is 4.22. The molecule has 4 nitrogen and oxygen atoms in total. The van der Waals surface area contributed by atoms with Gasteiger partial charge in [-0.05, 0) is 53.9 Å². The van der Waals surface area contributed by atoms with Crippen LogP contribution in [-0.4, -0.2) is 49.4 Å². The molecule has 198 valence electrons. The number of hydrogen-bond donors (Lipinski definition) is 0. The number of aliphatic imine (C=N–C) groups is 1. The van der Waals surface area contributed by atoms with Crippen molar-refractivity contribution in [1.82, 2.24) is 4.90 Å². The van der Waals surface area contributed by atoms with Crippen LogP contribution in [0.1, 0.15) is 50.7 Å². The van der Waals surface area contributed by atoms with Crippen molar-refractivity contribution in [2.75, 3.05) is 26.3 Å². The second kappa shape index (κ2) is 16.6. The minimum absolute atomic E-state index is 0. The number of alkyl halides is 3. The standard InChI is InChI=1S/C24H32F3N2O.C4H8O.Li/c1-4-5-6-20-14-29(15-20)23-13-21(17(2)3)22(28-23)12-11-18-7-9-19(10-8-18)16-30-24(25,26)27;1-3-5-4-2;/h7-10,13,17,20,22H,1,4-6,11-12,14-16H2,2-3H3;1-4H2;/q-1;-2;+1. The van der Waals surface area contributed by atoms with Crippen molar-refractivity contribution in [3.63, 3.8) is 0 Å². The number of amidine groups is 1. The number of unbranched alkanes of at least 4 members (excludes halogenated alkanes) is 1. The van der Waals surface area contributed by atoms with E-state index in [1.54, 1.807) is 12.1 Å². The summed E-state index contributed by atoms with van der Waals surface area (Å²) in [7, 11) is 0. The zero-order valence-corrected chi connectivity index (χ0v) is 22.2. The van der Waals surface area contributed by atoms with Gasteiger partial charge < -0.3 is 30.4 Å². The van der Waals surface area contributed by atoms with Crippen LogP contribution >= 0.6 is 0 Å². The van der Waals surface area contributed by atoms with E-state index in [2.05, 4.69) is 55.1 Å². The van der Waals surface area contributed by atoms with Gasteiger partial charge in [0.05, 0.1) is 12.6 Å². The molecule has 36 heavy (non-hydrogen) atoms. The third-order valence-corrected chi connectivity index (χ3v) is 6.20. The van der Waals surface area contributed by atoms with Crippen LogP contribution in [-0.2, 0) is 22.5 Å². The van der Waals surface area contributed by atoms with E-state index in [0.717, 1.165) is 49.7 Å². The van der Waals surface area contributed by atoms with Gasteiger partial charge in [-0.3, -0.25) is 9.73 Å². The first-order chi connectivity index (χ1) is 16.7. The van der Waals surface area contributed by atoms with E-state index in [9.17, 15) is 13.2 Å². The molecule has 2 aliphatic heterocycles. The Kier molecular flexibility index (Phi) is 15.1. The molecule has 0 radical (unpaired) electrons. The SMILES string of the molecule is [CH2-]CCCC1CN(C2=NC(CCc3ccc(COC(F)(F)F)cc3)C(C(C)C)=C2)C1.[CH2-]COC[CH2-].[Li+]. The Morgan fingerprint density at radius 1 is 1.03 bits per heavy atom. The maximum Gasteiger partial charge on any atom is 1.00 e. The van der Waals surface area contributed by atoms with Crippen LogP contribution in [0.25, 0.3) is 0 Å². The molecule has 0 aliphatic carbocycles. The van der Waals surface area contributed by atoms with E-state index >= 15 is 0 Å². The molecule has 0 bridgehead atoms. The third kappa shape index (κ3) is 11.4. The molecule has 1 aromatic carbocycles. The first-order valence-electron chi connectivity index (χ1n) is 12.4. The Labute approximate surface area is 227 Å². The largest absolute Gasteiger partial charge is 1.00 e. The summed E-state index contributed by atoms with van der Waals surface area (Å²) >= 11 is 0. The van der Waals surface area contributed by atoms with E-state index in [1.165, 1.54) is 18.4 Å². The Bertz CT molecular complexity index is 802. The predicted molar refractivity (Wildman–Crippen MR) is 136 cm³/mol. The Morgan fingerprint density at radius 2 is 1.64 bits per heavy atom. The summed E-state index contributed by atoms with van der Waals surface area (Å²) in [4.78, 5) is 7.39. The number of nitrogens with zero attached hydrogens (tertiary/aromatic N) is 2. The number of ether oxygens (including phenoxy) is 2. The molecular formula is C28H40F3LiN2O2-2. The van der Waals surface area contributed by atoms with Gasteiger partial charge in [-0.1, -0.05) is 57.7 Å². The molecule has 3 rings (SSSR count). The van der Waals surface area contributed by atoms with Crippen molar-refractivity contribution in [3.8, 4) is 0 Å². The summed E-state index contributed by atoms with van der Waals surface area (Å²) in [5, 5.41) is 0. The molecule has 1 fully saturated rings. The Hall–Kier alpha value is -1.26. The van der Waals surface area contributed by atoms with Gasteiger partial charge in [0.15, 0.2) is 0 Å². The van der Waals surface area contributed by atoms with Crippen molar-refractivity contribution in [2.45, 2.75) is 65.0 Å². The van der Waals surface area contributed by atoms with Crippen LogP contribution in [0.15, 0.2) is 40.9 Å². The van der Waals surface area contributed by atoms with Crippen molar-refractivity contribution < 1.29 is 41.5 Å². The number of benzene rings is 1. The van der Waals surface area contributed by atoms with Gasteiger partial charge in [-0.15, -0.1) is 13.2 Å². The minimum atomic E-state index is -4.60. The van der Waals surface area contributed by atoms with Crippen molar-refractivity contribution in [3.05, 3.63) is 67.8 Å². The maximum absolute atomic E-state index is 12.2. The molecule has 0 N–H and O–H groups in total. The van der Waals surface area contributed by atoms with Crippen molar-refractivity contribution in [1.29, 1.82) is 0 Å². The summed E-state index contributed by atoms with van der Waals surface area (Å²) in [6, 6.07) is 7.37. The van der Waals surface area contributed by atoms with Gasteiger partial charge in [0.2, 0.25) is 0 Å². The molecule has 1 unspecified atom stereocenters. The maximum atomic E-state index is 12.2. The summed E-state index contributed by atoms with van der Waals surface area (Å²) in [5.41, 5.74) is 3.00. The number of aryl methyl sites for hydroxylation is 1. The molecule has 0 saturated carbocycles. The van der Waals surface area contributed by atoms with Crippen LogP contribution in [0.2, 0.25) is 0 Å². The second-order valence-corrected chi connectivity index (χ2v) is 9.27. The Balaban J connectivity index is 0.000000983. The normalized spacial score (nSPS) is 17.7. The fourth-order valence-electron chi connectivity index (χ4n) is 4.22. The fraction of sp³-hybridized carbons (Fsp3) is 0.571. The van der Waals surface area contributed by atoms with Gasteiger partial charge in [-0.25, -0.2) is 0 Å². The van der Waals surface area contributed by atoms with Gasteiger partial charge >= 0.3 is 25.2 Å². The van der Waals surface area contributed by atoms with Crippen LogP contribution in [0.4, 0.5) is 13.2 Å². The van der Waals surface area contributed by atoms with Crippen LogP contribution in [0.5, 0.6) is 0 Å². The molecule has 0 amide bonds. The van der Waals surface area contributed by atoms with Gasteiger partial charge in [0.1, 0.15) is 5.84 Å². The number of hydrogen-bond acceptors (Lipinski definition) is 4. The second-order valence-electron chi connectivity index (χ2n) is 9.27. The van der Waals surface area contributed by atoms with Crippen molar-refractivity contribution in [2.24, 2.45) is 16.8 Å². The molecule has 2 aliphatic rings. The quantitative estimate of drug-likeness (QED) is 0.344. The number of halogens is 3.